The monoisotopic (exact) mass is 461 g/mol. The van der Waals surface area contributed by atoms with Crippen LogP contribution in [0.4, 0.5) is 0 Å². The van der Waals surface area contributed by atoms with Crippen LogP contribution in [0.5, 0.6) is 0 Å². The quantitative estimate of drug-likeness (QED) is 0.582. The van der Waals surface area contributed by atoms with E-state index in [9.17, 15) is 14.4 Å². The first-order valence-electron chi connectivity index (χ1n) is 11.1. The second-order valence-electron chi connectivity index (χ2n) is 8.21. The normalized spacial score (nSPS) is 14.0. The van der Waals surface area contributed by atoms with Gasteiger partial charge in [-0.15, -0.1) is 11.3 Å². The summed E-state index contributed by atoms with van der Waals surface area (Å²) in [4.78, 5) is 40.0. The van der Waals surface area contributed by atoms with E-state index >= 15 is 0 Å². The van der Waals surface area contributed by atoms with Crippen LogP contribution < -0.4 is 10.6 Å². The van der Waals surface area contributed by atoms with Crippen LogP contribution in [0.2, 0.25) is 0 Å². The standard InChI is InChI=1S/C26H27N3O3S/c1-18-5-2-3-6-22(18)24(30)28-21-12-14-29(15-13-21)26(32)20-10-8-19(9-11-20)17-27-25(31)23-7-4-16-33-23/h2-11,16,21H,12-15,17H2,1H3,(H,27,31)(H,28,30). The van der Waals surface area contributed by atoms with Crippen molar-refractivity contribution in [2.45, 2.75) is 32.4 Å². The van der Waals surface area contributed by atoms with Crippen molar-refractivity contribution in [2.75, 3.05) is 13.1 Å². The molecule has 0 radical (unpaired) electrons. The number of likely N-dealkylation sites (tertiary alicyclic amines) is 1. The minimum atomic E-state index is -0.0949. The van der Waals surface area contributed by atoms with Crippen LogP contribution in [0, 0.1) is 6.92 Å². The van der Waals surface area contributed by atoms with E-state index in [4.69, 9.17) is 0 Å². The van der Waals surface area contributed by atoms with E-state index in [2.05, 4.69) is 10.6 Å². The molecule has 1 fully saturated rings. The molecule has 170 valence electrons. The van der Waals surface area contributed by atoms with Crippen LogP contribution in [-0.4, -0.2) is 41.8 Å². The summed E-state index contributed by atoms with van der Waals surface area (Å²) in [7, 11) is 0. The van der Waals surface area contributed by atoms with E-state index in [1.165, 1.54) is 11.3 Å². The van der Waals surface area contributed by atoms with Gasteiger partial charge in [-0.05, 0) is 60.5 Å². The molecule has 0 bridgehead atoms. The van der Waals surface area contributed by atoms with Gasteiger partial charge in [0.2, 0.25) is 0 Å². The summed E-state index contributed by atoms with van der Waals surface area (Å²) in [6.07, 6.45) is 1.46. The molecule has 0 spiro atoms. The molecule has 2 N–H and O–H groups in total. The first kappa shape index (κ1) is 22.7. The molecular weight excluding hydrogens is 434 g/mol. The van der Waals surface area contributed by atoms with Crippen molar-refractivity contribution in [2.24, 2.45) is 0 Å². The second-order valence-corrected chi connectivity index (χ2v) is 9.16. The Morgan fingerprint density at radius 1 is 0.939 bits per heavy atom. The van der Waals surface area contributed by atoms with Crippen LogP contribution in [0.1, 0.15) is 54.4 Å². The number of aryl methyl sites for hydroxylation is 1. The number of piperidine rings is 1. The maximum atomic E-state index is 12.9. The van der Waals surface area contributed by atoms with Crippen molar-refractivity contribution in [1.82, 2.24) is 15.5 Å². The summed E-state index contributed by atoms with van der Waals surface area (Å²) >= 11 is 1.41. The van der Waals surface area contributed by atoms with Gasteiger partial charge >= 0.3 is 0 Å². The van der Waals surface area contributed by atoms with Crippen LogP contribution in [0.15, 0.2) is 66.0 Å². The Bertz CT molecular complexity index is 1120. The van der Waals surface area contributed by atoms with Crippen molar-refractivity contribution in [3.63, 3.8) is 0 Å². The summed E-state index contributed by atoms with van der Waals surface area (Å²) in [5.74, 6) is -0.157. The number of thiophene rings is 1. The van der Waals surface area contributed by atoms with Gasteiger partial charge in [-0.3, -0.25) is 14.4 Å². The maximum absolute atomic E-state index is 12.9. The molecule has 2 heterocycles. The van der Waals surface area contributed by atoms with Crippen molar-refractivity contribution >= 4 is 29.1 Å². The molecule has 0 saturated carbocycles. The zero-order valence-electron chi connectivity index (χ0n) is 18.5. The van der Waals surface area contributed by atoms with Gasteiger partial charge < -0.3 is 15.5 Å². The Balaban J connectivity index is 1.25. The molecule has 6 nitrogen and oxygen atoms in total. The van der Waals surface area contributed by atoms with E-state index in [1.807, 2.05) is 59.7 Å². The third kappa shape index (κ3) is 5.68. The molecule has 33 heavy (non-hydrogen) atoms. The van der Waals surface area contributed by atoms with Gasteiger partial charge in [-0.2, -0.15) is 0 Å². The van der Waals surface area contributed by atoms with E-state index in [0.29, 0.717) is 35.6 Å². The van der Waals surface area contributed by atoms with Gasteiger partial charge in [0.1, 0.15) is 0 Å². The lowest BCUT2D eigenvalue weighted by molar-refractivity contribution is 0.0697. The van der Waals surface area contributed by atoms with Gasteiger partial charge in [0.15, 0.2) is 0 Å². The largest absolute Gasteiger partial charge is 0.349 e. The highest BCUT2D eigenvalue weighted by Crippen LogP contribution is 2.16. The van der Waals surface area contributed by atoms with E-state index < -0.39 is 0 Å². The SMILES string of the molecule is Cc1ccccc1C(=O)NC1CCN(C(=O)c2ccc(CNC(=O)c3cccs3)cc2)CC1. The number of benzene rings is 2. The highest BCUT2D eigenvalue weighted by Gasteiger charge is 2.25. The minimum Gasteiger partial charge on any atom is -0.349 e. The van der Waals surface area contributed by atoms with Crippen molar-refractivity contribution in [3.05, 3.63) is 93.2 Å². The summed E-state index contributed by atoms with van der Waals surface area (Å²) in [5.41, 5.74) is 3.22. The smallest absolute Gasteiger partial charge is 0.261 e. The predicted octanol–water partition coefficient (Wildman–Crippen LogP) is 4.02. The fraction of sp³-hybridized carbons (Fsp3) is 0.269. The van der Waals surface area contributed by atoms with Crippen LogP contribution in [0.3, 0.4) is 0 Å². The van der Waals surface area contributed by atoms with E-state index in [1.54, 1.807) is 18.2 Å². The molecule has 4 rings (SSSR count). The molecule has 1 saturated heterocycles. The molecule has 0 unspecified atom stereocenters. The number of hydrogen-bond acceptors (Lipinski definition) is 4. The lowest BCUT2D eigenvalue weighted by Gasteiger charge is -2.32. The number of carbonyl (C=O) groups excluding carboxylic acids is 3. The van der Waals surface area contributed by atoms with Gasteiger partial charge in [0, 0.05) is 36.8 Å². The van der Waals surface area contributed by atoms with Gasteiger partial charge in [-0.1, -0.05) is 36.4 Å². The molecule has 3 aromatic rings. The fourth-order valence-electron chi connectivity index (χ4n) is 3.94. The first-order valence-corrected chi connectivity index (χ1v) is 12.0. The molecule has 3 amide bonds. The summed E-state index contributed by atoms with van der Waals surface area (Å²) in [6.45, 7) is 3.56. The number of rotatable bonds is 6. The molecule has 1 aliphatic rings. The summed E-state index contributed by atoms with van der Waals surface area (Å²) < 4.78 is 0. The Kier molecular flexibility index (Phi) is 7.19. The molecule has 0 atom stereocenters. The molecule has 2 aromatic carbocycles. The van der Waals surface area contributed by atoms with Crippen molar-refractivity contribution in [3.8, 4) is 0 Å². The van der Waals surface area contributed by atoms with Crippen LogP contribution >= 0.6 is 11.3 Å². The topological polar surface area (TPSA) is 78.5 Å². The highest BCUT2D eigenvalue weighted by atomic mass is 32.1. The summed E-state index contributed by atoms with van der Waals surface area (Å²) in [5, 5.41) is 7.87. The third-order valence-electron chi connectivity index (χ3n) is 5.91. The average Bonchev–Trinajstić information content (AvgIpc) is 3.38. The summed E-state index contributed by atoms with van der Waals surface area (Å²) in [6, 6.07) is 18.6. The van der Waals surface area contributed by atoms with Crippen molar-refractivity contribution < 1.29 is 14.4 Å². The Morgan fingerprint density at radius 2 is 1.67 bits per heavy atom. The maximum Gasteiger partial charge on any atom is 0.261 e. The molecule has 7 heteroatoms. The van der Waals surface area contributed by atoms with E-state index in [0.717, 1.165) is 24.0 Å². The fourth-order valence-corrected chi connectivity index (χ4v) is 4.58. The number of carbonyl (C=O) groups is 3. The molecule has 0 aliphatic carbocycles. The van der Waals surface area contributed by atoms with E-state index in [-0.39, 0.29) is 23.8 Å². The highest BCUT2D eigenvalue weighted by molar-refractivity contribution is 7.12. The van der Waals surface area contributed by atoms with Crippen LogP contribution in [-0.2, 0) is 6.54 Å². The molecule has 1 aromatic heterocycles. The molecule has 1 aliphatic heterocycles. The third-order valence-corrected chi connectivity index (χ3v) is 6.77. The number of amides is 3. The minimum absolute atomic E-state index is 0.00662. The second kappa shape index (κ2) is 10.4. The Labute approximate surface area is 197 Å². The number of nitrogens with one attached hydrogen (secondary N) is 2. The van der Waals surface area contributed by atoms with Gasteiger partial charge in [-0.25, -0.2) is 0 Å². The predicted molar refractivity (Wildman–Crippen MR) is 130 cm³/mol. The number of nitrogens with zero attached hydrogens (tertiary/aromatic N) is 1. The average molecular weight is 462 g/mol. The van der Waals surface area contributed by atoms with Crippen molar-refractivity contribution in [1.29, 1.82) is 0 Å². The van der Waals surface area contributed by atoms with Gasteiger partial charge in [0.05, 0.1) is 4.88 Å². The first-order chi connectivity index (χ1) is 16.0. The lowest BCUT2D eigenvalue weighted by Crippen LogP contribution is -2.46. The lowest BCUT2D eigenvalue weighted by atomic mass is 10.0. The van der Waals surface area contributed by atoms with Crippen LogP contribution in [0.25, 0.3) is 0 Å². The zero-order chi connectivity index (χ0) is 23.2. The zero-order valence-corrected chi connectivity index (χ0v) is 19.4. The Morgan fingerprint density at radius 3 is 2.33 bits per heavy atom. The molecular formula is C26H27N3O3S. The number of hydrogen-bond donors (Lipinski definition) is 2. The Hall–Kier alpha value is -3.45. The van der Waals surface area contributed by atoms with Gasteiger partial charge in [0.25, 0.3) is 17.7 Å².